The minimum Gasteiger partial charge on any atom is -0.380 e. The molecular formula is C12H10BrF2NO. The molecule has 17 heavy (non-hydrogen) atoms. The highest BCUT2D eigenvalue weighted by atomic mass is 79.9. The Bertz CT molecular complexity index is 478. The Labute approximate surface area is 106 Å². The van der Waals surface area contributed by atoms with Crippen molar-refractivity contribution in [1.82, 2.24) is 0 Å². The van der Waals surface area contributed by atoms with Crippen LogP contribution in [0.1, 0.15) is 12.0 Å². The quantitative estimate of drug-likeness (QED) is 0.786. The second-order valence-corrected chi connectivity index (χ2v) is 5.05. The summed E-state index contributed by atoms with van der Waals surface area (Å²) in [5.74, 6) is -1.25. The molecule has 1 fully saturated rings. The van der Waals surface area contributed by atoms with Crippen molar-refractivity contribution in [1.29, 1.82) is 5.26 Å². The second kappa shape index (κ2) is 4.71. The first-order valence-electron chi connectivity index (χ1n) is 5.19. The number of nitriles is 1. The van der Waals surface area contributed by atoms with E-state index in [0.717, 1.165) is 0 Å². The predicted octanol–water partition coefficient (Wildman–Crippen LogP) is 3.20. The summed E-state index contributed by atoms with van der Waals surface area (Å²) in [6.45, 7) is 0.694. The zero-order chi connectivity index (χ0) is 12.5. The summed E-state index contributed by atoms with van der Waals surface area (Å²) in [4.78, 5) is 0. The summed E-state index contributed by atoms with van der Waals surface area (Å²) < 4.78 is 32.7. The molecule has 5 heteroatoms. The molecule has 90 valence electrons. The van der Waals surface area contributed by atoms with Gasteiger partial charge < -0.3 is 4.74 Å². The summed E-state index contributed by atoms with van der Waals surface area (Å²) in [7, 11) is 0. The van der Waals surface area contributed by atoms with Crippen LogP contribution in [0.4, 0.5) is 8.78 Å². The van der Waals surface area contributed by atoms with Gasteiger partial charge in [0, 0.05) is 12.2 Å². The van der Waals surface area contributed by atoms with E-state index >= 15 is 0 Å². The van der Waals surface area contributed by atoms with E-state index in [9.17, 15) is 8.78 Å². The van der Waals surface area contributed by atoms with Gasteiger partial charge in [0.25, 0.3) is 0 Å². The van der Waals surface area contributed by atoms with Crippen LogP contribution < -0.4 is 0 Å². The summed E-state index contributed by atoms with van der Waals surface area (Å²) in [5, 5.41) is 9.14. The minimum absolute atomic E-state index is 0.0423. The van der Waals surface area contributed by atoms with Crippen molar-refractivity contribution in [3.8, 4) is 6.07 Å². The van der Waals surface area contributed by atoms with Crippen molar-refractivity contribution >= 4 is 15.9 Å². The third kappa shape index (κ3) is 2.33. The third-order valence-corrected chi connectivity index (χ3v) is 3.61. The number of ether oxygens (including phenoxy) is 1. The Morgan fingerprint density at radius 1 is 1.47 bits per heavy atom. The van der Waals surface area contributed by atoms with Crippen molar-refractivity contribution in [3.05, 3.63) is 33.8 Å². The van der Waals surface area contributed by atoms with Crippen LogP contribution in [0.3, 0.4) is 0 Å². The summed E-state index contributed by atoms with van der Waals surface area (Å²) >= 11 is 3.01. The number of hydrogen-bond acceptors (Lipinski definition) is 2. The van der Waals surface area contributed by atoms with Gasteiger partial charge in [-0.2, -0.15) is 5.26 Å². The lowest BCUT2D eigenvalue weighted by molar-refractivity contribution is 0.171. The van der Waals surface area contributed by atoms with Gasteiger partial charge >= 0.3 is 0 Å². The summed E-state index contributed by atoms with van der Waals surface area (Å²) in [6, 6.07) is 4.64. The first-order chi connectivity index (χ1) is 8.08. The number of halogens is 3. The van der Waals surface area contributed by atoms with Gasteiger partial charge in [-0.25, -0.2) is 8.78 Å². The number of nitrogens with zero attached hydrogens (tertiary/aromatic N) is 1. The molecule has 1 saturated heterocycles. The highest BCUT2D eigenvalue weighted by molar-refractivity contribution is 9.10. The van der Waals surface area contributed by atoms with Crippen LogP contribution in [-0.2, 0) is 11.2 Å². The fraction of sp³-hybridized carbons (Fsp3) is 0.417. The Balaban J connectivity index is 2.36. The van der Waals surface area contributed by atoms with Gasteiger partial charge in [-0.1, -0.05) is 0 Å². The van der Waals surface area contributed by atoms with Gasteiger partial charge in [0.1, 0.15) is 11.6 Å². The van der Waals surface area contributed by atoms with Gasteiger partial charge in [0.2, 0.25) is 0 Å². The van der Waals surface area contributed by atoms with Crippen molar-refractivity contribution < 1.29 is 13.5 Å². The van der Waals surface area contributed by atoms with Crippen molar-refractivity contribution in [3.63, 3.8) is 0 Å². The third-order valence-electron chi connectivity index (χ3n) is 2.99. The van der Waals surface area contributed by atoms with Crippen LogP contribution in [0.15, 0.2) is 16.6 Å². The van der Waals surface area contributed by atoms with Gasteiger partial charge in [-0.15, -0.1) is 0 Å². The molecule has 1 aliphatic rings. The van der Waals surface area contributed by atoms with Crippen LogP contribution in [0.2, 0.25) is 0 Å². The van der Waals surface area contributed by atoms with Crippen LogP contribution in [0.5, 0.6) is 0 Å². The van der Waals surface area contributed by atoms with E-state index in [2.05, 4.69) is 22.0 Å². The van der Waals surface area contributed by atoms with Gasteiger partial charge in [0.15, 0.2) is 0 Å². The zero-order valence-corrected chi connectivity index (χ0v) is 10.6. The van der Waals surface area contributed by atoms with Crippen LogP contribution in [0.25, 0.3) is 0 Å². The largest absolute Gasteiger partial charge is 0.380 e. The number of rotatable bonds is 2. The lowest BCUT2D eigenvalue weighted by Gasteiger charge is -2.19. The van der Waals surface area contributed by atoms with E-state index in [1.54, 1.807) is 0 Å². The molecule has 2 nitrogen and oxygen atoms in total. The molecule has 0 aliphatic carbocycles. The molecule has 1 atom stereocenters. The van der Waals surface area contributed by atoms with Crippen LogP contribution in [-0.4, -0.2) is 13.2 Å². The molecule has 1 aliphatic heterocycles. The van der Waals surface area contributed by atoms with Gasteiger partial charge in [-0.05, 0) is 40.9 Å². The minimum atomic E-state index is -0.803. The van der Waals surface area contributed by atoms with Crippen molar-refractivity contribution in [2.45, 2.75) is 12.8 Å². The molecule has 0 N–H and O–H groups in total. The molecule has 1 aromatic rings. The molecule has 2 rings (SSSR count). The average molecular weight is 302 g/mol. The molecular weight excluding hydrogens is 292 g/mol. The number of hydrogen-bond donors (Lipinski definition) is 0. The maximum Gasteiger partial charge on any atom is 0.143 e. The highest BCUT2D eigenvalue weighted by Gasteiger charge is 2.37. The first-order valence-corrected chi connectivity index (χ1v) is 5.99. The van der Waals surface area contributed by atoms with Crippen LogP contribution in [0, 0.1) is 28.4 Å². The molecule has 0 amide bonds. The highest BCUT2D eigenvalue weighted by Crippen LogP contribution is 2.34. The Morgan fingerprint density at radius 2 is 2.24 bits per heavy atom. The lowest BCUT2D eigenvalue weighted by Crippen LogP contribution is -2.23. The monoisotopic (exact) mass is 301 g/mol. The van der Waals surface area contributed by atoms with E-state index in [1.165, 1.54) is 12.1 Å². The van der Waals surface area contributed by atoms with E-state index in [4.69, 9.17) is 10.00 Å². The molecule has 0 bridgehead atoms. The first kappa shape index (κ1) is 12.5. The smallest absolute Gasteiger partial charge is 0.143 e. The Hall–Kier alpha value is -0.990. The fourth-order valence-corrected chi connectivity index (χ4v) is 2.32. The zero-order valence-electron chi connectivity index (χ0n) is 8.97. The maximum absolute atomic E-state index is 13.8. The lowest BCUT2D eigenvalue weighted by atomic mass is 9.82. The molecule has 1 heterocycles. The standard InChI is InChI=1S/C12H10BrF2NO/c13-9-1-2-10(14)8(11(9)15)5-12(6-16)3-4-17-7-12/h1-2H,3-5,7H2. The van der Waals surface area contributed by atoms with E-state index in [-0.39, 0.29) is 23.1 Å². The number of benzene rings is 1. The molecule has 0 saturated carbocycles. The molecule has 1 unspecified atom stereocenters. The average Bonchev–Trinajstić information content (AvgIpc) is 2.79. The second-order valence-electron chi connectivity index (χ2n) is 4.19. The van der Waals surface area contributed by atoms with E-state index < -0.39 is 17.0 Å². The normalized spacial score (nSPS) is 23.6. The Kier molecular flexibility index (Phi) is 3.45. The predicted molar refractivity (Wildman–Crippen MR) is 61.2 cm³/mol. The van der Waals surface area contributed by atoms with E-state index in [1.807, 2.05) is 0 Å². The van der Waals surface area contributed by atoms with Crippen molar-refractivity contribution in [2.75, 3.05) is 13.2 Å². The molecule has 0 aromatic heterocycles. The molecule has 1 aromatic carbocycles. The molecule has 0 radical (unpaired) electrons. The van der Waals surface area contributed by atoms with E-state index in [0.29, 0.717) is 13.0 Å². The SMILES string of the molecule is N#CC1(Cc2c(F)ccc(Br)c2F)CCOC1. The summed E-state index contributed by atoms with van der Waals surface area (Å²) in [6.07, 6.45) is 0.551. The molecule has 0 spiro atoms. The maximum atomic E-state index is 13.8. The van der Waals surface area contributed by atoms with Gasteiger partial charge in [0.05, 0.1) is 22.6 Å². The Morgan fingerprint density at radius 3 is 2.82 bits per heavy atom. The van der Waals surface area contributed by atoms with Crippen LogP contribution >= 0.6 is 15.9 Å². The van der Waals surface area contributed by atoms with Crippen molar-refractivity contribution in [2.24, 2.45) is 5.41 Å². The fourth-order valence-electron chi connectivity index (χ4n) is 1.94. The summed E-state index contributed by atoms with van der Waals surface area (Å²) in [5.41, 5.74) is -0.853. The topological polar surface area (TPSA) is 33.0 Å². The van der Waals surface area contributed by atoms with Gasteiger partial charge in [-0.3, -0.25) is 0 Å².